The van der Waals surface area contributed by atoms with E-state index in [1.54, 1.807) is 0 Å². The minimum atomic E-state index is 0.527. The lowest BCUT2D eigenvalue weighted by Crippen LogP contribution is -2.37. The normalized spacial score (nSPS) is 24.0. The van der Waals surface area contributed by atoms with Gasteiger partial charge in [-0.25, -0.2) is 0 Å². The molecule has 1 aliphatic carbocycles. The van der Waals surface area contributed by atoms with Crippen LogP contribution in [0.5, 0.6) is 0 Å². The van der Waals surface area contributed by atoms with Gasteiger partial charge in [0.25, 0.3) is 0 Å². The third-order valence-corrected chi connectivity index (χ3v) is 6.15. The van der Waals surface area contributed by atoms with Gasteiger partial charge >= 0.3 is 0 Å². The van der Waals surface area contributed by atoms with Crippen molar-refractivity contribution in [2.75, 3.05) is 41.3 Å². The van der Waals surface area contributed by atoms with Crippen molar-refractivity contribution in [3.8, 4) is 0 Å². The summed E-state index contributed by atoms with van der Waals surface area (Å²) in [5, 5.41) is 7.20. The minimum absolute atomic E-state index is 0.527. The maximum absolute atomic E-state index is 5.46. The average Bonchev–Trinajstić information content (AvgIpc) is 3.46. The summed E-state index contributed by atoms with van der Waals surface area (Å²) >= 11 is 5.46. The van der Waals surface area contributed by atoms with E-state index in [2.05, 4.69) is 40.3 Å². The van der Waals surface area contributed by atoms with Gasteiger partial charge in [-0.3, -0.25) is 0 Å². The fourth-order valence-corrected chi connectivity index (χ4v) is 4.25. The van der Waals surface area contributed by atoms with E-state index in [0.29, 0.717) is 23.0 Å². The van der Waals surface area contributed by atoms with Crippen molar-refractivity contribution in [3.05, 3.63) is 6.07 Å². The Kier molecular flexibility index (Phi) is 5.66. The molecule has 1 saturated carbocycles. The minimum Gasteiger partial charge on any atom is -0.360 e. The highest BCUT2D eigenvalue weighted by atomic mass is 32.1. The van der Waals surface area contributed by atoms with E-state index < -0.39 is 0 Å². The third kappa shape index (κ3) is 5.00. The number of hydrogen-bond acceptors (Lipinski definition) is 5. The van der Waals surface area contributed by atoms with E-state index in [1.807, 2.05) is 0 Å². The smallest absolute Gasteiger partial charge is 0.232 e. The largest absolute Gasteiger partial charge is 0.360 e. The molecular weight excluding hydrogens is 356 g/mol. The predicted octanol–water partition coefficient (Wildman–Crippen LogP) is 3.40. The van der Waals surface area contributed by atoms with E-state index in [9.17, 15) is 0 Å². The second-order valence-corrected chi connectivity index (χ2v) is 9.05. The summed E-state index contributed by atoms with van der Waals surface area (Å²) in [5.41, 5.74) is 0. The molecule has 1 unspecified atom stereocenters. The van der Waals surface area contributed by atoms with Gasteiger partial charge in [0.2, 0.25) is 5.95 Å². The molecule has 2 N–H and O–H groups in total. The van der Waals surface area contributed by atoms with Crippen LogP contribution in [0.4, 0.5) is 17.6 Å². The number of nitrogens with one attached hydrogen (secondary N) is 2. The molecule has 0 aromatic carbocycles. The molecule has 2 aliphatic heterocycles. The fourth-order valence-electron chi connectivity index (χ4n) is 3.99. The van der Waals surface area contributed by atoms with Crippen LogP contribution in [0.1, 0.15) is 52.4 Å². The van der Waals surface area contributed by atoms with Crippen LogP contribution in [-0.4, -0.2) is 47.3 Å². The van der Waals surface area contributed by atoms with E-state index in [1.165, 1.54) is 38.5 Å². The Bertz CT molecular complexity index is 668. The van der Waals surface area contributed by atoms with Gasteiger partial charge < -0.3 is 20.4 Å². The first kappa shape index (κ1) is 18.7. The molecule has 1 atom stereocenters. The Morgan fingerprint density at radius 2 is 1.67 bits per heavy atom. The van der Waals surface area contributed by atoms with Crippen LogP contribution in [0.3, 0.4) is 0 Å². The van der Waals surface area contributed by atoms with Gasteiger partial charge in [-0.15, -0.1) is 0 Å². The molecule has 6 nitrogen and oxygen atoms in total. The molecule has 27 heavy (non-hydrogen) atoms. The molecule has 2 saturated heterocycles. The van der Waals surface area contributed by atoms with Gasteiger partial charge in [0.15, 0.2) is 5.11 Å². The van der Waals surface area contributed by atoms with E-state index in [0.717, 1.165) is 43.7 Å². The molecule has 1 aromatic rings. The highest BCUT2D eigenvalue weighted by Gasteiger charge is 2.24. The molecular formula is C20H32N6S. The average molecular weight is 389 g/mol. The van der Waals surface area contributed by atoms with E-state index >= 15 is 0 Å². The van der Waals surface area contributed by atoms with Crippen molar-refractivity contribution in [1.82, 2.24) is 15.3 Å². The summed E-state index contributed by atoms with van der Waals surface area (Å²) in [6.45, 7) is 8.94. The Morgan fingerprint density at radius 3 is 2.33 bits per heavy atom. The predicted molar refractivity (Wildman–Crippen MR) is 116 cm³/mol. The zero-order valence-electron chi connectivity index (χ0n) is 16.6. The van der Waals surface area contributed by atoms with Crippen LogP contribution in [0.2, 0.25) is 0 Å². The summed E-state index contributed by atoms with van der Waals surface area (Å²) in [6, 6.07) is 2.70. The summed E-state index contributed by atoms with van der Waals surface area (Å²) < 4.78 is 0. The Labute approximate surface area is 168 Å². The highest BCUT2D eigenvalue weighted by molar-refractivity contribution is 7.80. The van der Waals surface area contributed by atoms with Crippen molar-refractivity contribution in [1.29, 1.82) is 0 Å². The fraction of sp³-hybridized carbons (Fsp3) is 0.750. The maximum atomic E-state index is 5.46. The lowest BCUT2D eigenvalue weighted by atomic mass is 9.99. The van der Waals surface area contributed by atoms with Crippen LogP contribution in [0.15, 0.2) is 6.07 Å². The quantitative estimate of drug-likeness (QED) is 0.767. The number of hydrogen-bond donors (Lipinski definition) is 2. The molecule has 4 rings (SSSR count). The standard InChI is InChI=1S/C20H32N6S/c1-14-7-10-25(11-8-14)17-12-18(26-9-3-4-15(2)13-26)23-19(22-17)24-20(27)21-16-5-6-16/h12,14-16H,3-11,13H2,1-2H3,(H2,21,22,23,24,27). The van der Waals surface area contributed by atoms with Crippen LogP contribution < -0.4 is 20.4 Å². The molecule has 0 amide bonds. The maximum Gasteiger partial charge on any atom is 0.232 e. The Hall–Kier alpha value is -1.63. The first-order valence-electron chi connectivity index (χ1n) is 10.5. The SMILES string of the molecule is CC1CCN(c2cc(N3CCCC(C)C3)nc(NC(=S)NC3CC3)n2)CC1. The number of rotatable bonds is 4. The highest BCUT2D eigenvalue weighted by Crippen LogP contribution is 2.28. The van der Waals surface area contributed by atoms with Crippen molar-refractivity contribution >= 4 is 34.9 Å². The second kappa shape index (κ2) is 8.17. The van der Waals surface area contributed by atoms with Gasteiger partial charge in [-0.05, 0) is 62.6 Å². The van der Waals surface area contributed by atoms with Gasteiger partial charge in [0, 0.05) is 38.3 Å². The van der Waals surface area contributed by atoms with Crippen molar-refractivity contribution in [2.24, 2.45) is 11.8 Å². The number of thiocarbonyl (C=S) groups is 1. The van der Waals surface area contributed by atoms with Crippen LogP contribution >= 0.6 is 12.2 Å². The van der Waals surface area contributed by atoms with Crippen LogP contribution in [0.25, 0.3) is 0 Å². The van der Waals surface area contributed by atoms with Gasteiger partial charge in [0.1, 0.15) is 11.6 Å². The molecule has 3 fully saturated rings. The first-order valence-corrected chi connectivity index (χ1v) is 10.9. The van der Waals surface area contributed by atoms with Crippen LogP contribution in [0, 0.1) is 11.8 Å². The summed E-state index contributed by atoms with van der Waals surface area (Å²) in [5.74, 6) is 4.20. The molecule has 148 valence electrons. The summed E-state index contributed by atoms with van der Waals surface area (Å²) in [4.78, 5) is 14.4. The van der Waals surface area contributed by atoms with Gasteiger partial charge in [-0.1, -0.05) is 13.8 Å². The Morgan fingerprint density at radius 1 is 0.963 bits per heavy atom. The van der Waals surface area contributed by atoms with Gasteiger partial charge in [-0.2, -0.15) is 9.97 Å². The van der Waals surface area contributed by atoms with E-state index in [4.69, 9.17) is 22.2 Å². The topological polar surface area (TPSA) is 56.3 Å². The molecule has 0 radical (unpaired) electrons. The molecule has 0 spiro atoms. The first-order chi connectivity index (χ1) is 13.1. The third-order valence-electron chi connectivity index (χ3n) is 5.93. The zero-order chi connectivity index (χ0) is 18.8. The second-order valence-electron chi connectivity index (χ2n) is 8.64. The number of aromatic nitrogens is 2. The summed E-state index contributed by atoms with van der Waals surface area (Å²) in [7, 11) is 0. The molecule has 3 aliphatic rings. The molecule has 7 heteroatoms. The van der Waals surface area contributed by atoms with Crippen molar-refractivity contribution in [2.45, 2.75) is 58.4 Å². The van der Waals surface area contributed by atoms with Crippen molar-refractivity contribution in [3.63, 3.8) is 0 Å². The molecule has 3 heterocycles. The summed E-state index contributed by atoms with van der Waals surface area (Å²) in [6.07, 6.45) is 7.39. The lowest BCUT2D eigenvalue weighted by molar-refractivity contribution is 0.435. The lowest BCUT2D eigenvalue weighted by Gasteiger charge is -2.34. The number of piperidine rings is 2. The number of nitrogens with zero attached hydrogens (tertiary/aromatic N) is 4. The monoisotopic (exact) mass is 388 g/mol. The Balaban J connectivity index is 1.55. The molecule has 1 aromatic heterocycles. The zero-order valence-corrected chi connectivity index (χ0v) is 17.4. The van der Waals surface area contributed by atoms with Crippen LogP contribution in [-0.2, 0) is 0 Å². The van der Waals surface area contributed by atoms with Crippen molar-refractivity contribution < 1.29 is 0 Å². The number of anilines is 3. The molecule has 0 bridgehead atoms. The van der Waals surface area contributed by atoms with E-state index in [-0.39, 0.29) is 0 Å². The van der Waals surface area contributed by atoms with Gasteiger partial charge in [0.05, 0.1) is 0 Å².